The van der Waals surface area contributed by atoms with Crippen LogP contribution in [0.2, 0.25) is 0 Å². The van der Waals surface area contributed by atoms with Crippen molar-refractivity contribution in [3.8, 4) is 0 Å². The summed E-state index contributed by atoms with van der Waals surface area (Å²) in [5, 5.41) is 2.98. The van der Waals surface area contributed by atoms with Gasteiger partial charge in [0, 0.05) is 36.6 Å². The maximum atomic E-state index is 12.8. The van der Waals surface area contributed by atoms with E-state index < -0.39 is 10.0 Å². The summed E-state index contributed by atoms with van der Waals surface area (Å²) in [4.78, 5) is 15.0. The molecule has 0 bridgehead atoms. The van der Waals surface area contributed by atoms with Crippen LogP contribution >= 0.6 is 0 Å². The maximum Gasteiger partial charge on any atom is 0.255 e. The molecule has 1 atom stereocenters. The van der Waals surface area contributed by atoms with Crippen LogP contribution in [0.5, 0.6) is 0 Å². The third-order valence-electron chi connectivity index (χ3n) is 5.54. The van der Waals surface area contributed by atoms with Gasteiger partial charge < -0.3 is 10.2 Å². The predicted molar refractivity (Wildman–Crippen MR) is 113 cm³/mol. The van der Waals surface area contributed by atoms with Crippen LogP contribution in [0.15, 0.2) is 36.4 Å². The quantitative estimate of drug-likeness (QED) is 0.861. The average Bonchev–Trinajstić information content (AvgIpc) is 2.96. The Kier molecular flexibility index (Phi) is 4.57. The number of carbonyl (C=O) groups is 1. The van der Waals surface area contributed by atoms with Gasteiger partial charge in [-0.15, -0.1) is 0 Å². The van der Waals surface area contributed by atoms with Gasteiger partial charge in [0.05, 0.1) is 11.9 Å². The van der Waals surface area contributed by atoms with Gasteiger partial charge in [0.1, 0.15) is 0 Å². The second kappa shape index (κ2) is 6.81. The highest BCUT2D eigenvalue weighted by Gasteiger charge is 2.32. The maximum absolute atomic E-state index is 12.8. The van der Waals surface area contributed by atoms with Crippen molar-refractivity contribution < 1.29 is 13.2 Å². The Morgan fingerprint density at radius 3 is 2.61 bits per heavy atom. The molecule has 0 aliphatic carbocycles. The van der Waals surface area contributed by atoms with Crippen molar-refractivity contribution in [2.45, 2.75) is 32.2 Å². The Balaban J connectivity index is 1.56. The molecular weight excluding hydrogens is 374 g/mol. The number of rotatable bonds is 3. The topological polar surface area (TPSA) is 69.7 Å². The van der Waals surface area contributed by atoms with Gasteiger partial charge in [-0.2, -0.15) is 0 Å². The monoisotopic (exact) mass is 399 g/mol. The predicted octanol–water partition coefficient (Wildman–Crippen LogP) is 3.03. The van der Waals surface area contributed by atoms with Gasteiger partial charge in [-0.1, -0.05) is 0 Å². The molecule has 2 heterocycles. The summed E-state index contributed by atoms with van der Waals surface area (Å²) in [5.74, 6) is -0.183. The second-order valence-electron chi connectivity index (χ2n) is 7.78. The van der Waals surface area contributed by atoms with Crippen LogP contribution in [0.3, 0.4) is 0 Å². The fourth-order valence-corrected chi connectivity index (χ4v) is 5.58. The minimum absolute atomic E-state index is 0.138. The first-order valence-corrected chi connectivity index (χ1v) is 11.4. The van der Waals surface area contributed by atoms with E-state index in [0.717, 1.165) is 30.6 Å². The fourth-order valence-electron chi connectivity index (χ4n) is 4.32. The van der Waals surface area contributed by atoms with Crippen LogP contribution in [0.1, 0.15) is 34.8 Å². The number of amides is 1. The lowest BCUT2D eigenvalue weighted by Crippen LogP contribution is -2.34. The van der Waals surface area contributed by atoms with E-state index in [9.17, 15) is 13.2 Å². The zero-order chi connectivity index (χ0) is 20.1. The summed E-state index contributed by atoms with van der Waals surface area (Å²) in [7, 11) is -1.25. The molecule has 28 heavy (non-hydrogen) atoms. The Bertz CT molecular complexity index is 1050. The van der Waals surface area contributed by atoms with E-state index in [0.29, 0.717) is 17.7 Å². The normalized spacial score (nSPS) is 18.6. The van der Waals surface area contributed by atoms with Gasteiger partial charge >= 0.3 is 0 Å². The molecule has 6 nitrogen and oxygen atoms in total. The highest BCUT2D eigenvalue weighted by atomic mass is 32.2. The van der Waals surface area contributed by atoms with Crippen molar-refractivity contribution in [2.75, 3.05) is 34.4 Å². The van der Waals surface area contributed by atoms with Crippen molar-refractivity contribution in [1.29, 1.82) is 0 Å². The minimum Gasteiger partial charge on any atom is -0.374 e. The van der Waals surface area contributed by atoms with Gasteiger partial charge in [-0.05, 0) is 73.7 Å². The van der Waals surface area contributed by atoms with Gasteiger partial charge in [-0.3, -0.25) is 9.10 Å². The number of benzene rings is 2. The highest BCUT2D eigenvalue weighted by Crippen LogP contribution is 2.35. The smallest absolute Gasteiger partial charge is 0.255 e. The summed E-state index contributed by atoms with van der Waals surface area (Å²) in [5.41, 5.74) is 5.34. The molecule has 2 aromatic rings. The molecule has 0 fully saturated rings. The zero-order valence-corrected chi connectivity index (χ0v) is 17.2. The molecule has 2 aliphatic rings. The lowest BCUT2D eigenvalue weighted by atomic mass is 10.0. The number of fused-ring (bicyclic) bond motifs is 2. The first-order valence-electron chi connectivity index (χ1n) is 9.52. The molecule has 0 saturated heterocycles. The van der Waals surface area contributed by atoms with E-state index in [1.54, 1.807) is 18.2 Å². The summed E-state index contributed by atoms with van der Waals surface area (Å²) in [6.07, 6.45) is 3.95. The Hall–Kier alpha value is -2.54. The molecular formula is C21H25N3O3S. The molecule has 4 rings (SSSR count). The summed E-state index contributed by atoms with van der Waals surface area (Å²) in [6.45, 7) is 2.93. The molecule has 7 heteroatoms. The van der Waals surface area contributed by atoms with Crippen molar-refractivity contribution >= 4 is 33.0 Å². The summed E-state index contributed by atoms with van der Waals surface area (Å²) < 4.78 is 25.5. The fraction of sp³-hybridized carbons (Fsp3) is 0.381. The van der Waals surface area contributed by atoms with Crippen molar-refractivity contribution in [3.63, 3.8) is 0 Å². The Labute approximate surface area is 166 Å². The molecule has 1 amide bonds. The number of carbonyl (C=O) groups excluding carboxylic acids is 1. The number of nitrogens with one attached hydrogen (secondary N) is 1. The van der Waals surface area contributed by atoms with Crippen LogP contribution in [0, 0.1) is 0 Å². The molecule has 2 aromatic carbocycles. The van der Waals surface area contributed by atoms with Crippen LogP contribution in [0.25, 0.3) is 0 Å². The lowest BCUT2D eigenvalue weighted by molar-refractivity contribution is 0.102. The number of aryl methyl sites for hydroxylation is 1. The van der Waals surface area contributed by atoms with Crippen molar-refractivity contribution in [2.24, 2.45) is 0 Å². The van der Waals surface area contributed by atoms with Gasteiger partial charge in [0.15, 0.2) is 0 Å². The van der Waals surface area contributed by atoms with Gasteiger partial charge in [-0.25, -0.2) is 8.42 Å². The van der Waals surface area contributed by atoms with Gasteiger partial charge in [0.2, 0.25) is 10.0 Å². The largest absolute Gasteiger partial charge is 0.374 e. The number of anilines is 3. The third kappa shape index (κ3) is 3.35. The molecule has 1 N–H and O–H groups in total. The SMILES string of the molecule is CC1Cc2cc(C(=O)Nc3ccc4c(c3)CCCN4C)ccc2N1S(C)(=O)=O. The number of sulfonamides is 1. The van der Waals surface area contributed by atoms with E-state index in [4.69, 9.17) is 0 Å². The summed E-state index contributed by atoms with van der Waals surface area (Å²) in [6, 6.07) is 11.1. The first-order chi connectivity index (χ1) is 13.2. The summed E-state index contributed by atoms with van der Waals surface area (Å²) >= 11 is 0. The highest BCUT2D eigenvalue weighted by molar-refractivity contribution is 7.92. The van der Waals surface area contributed by atoms with Crippen LogP contribution in [0.4, 0.5) is 17.1 Å². The number of hydrogen-bond acceptors (Lipinski definition) is 4. The lowest BCUT2D eigenvalue weighted by Gasteiger charge is -2.27. The van der Waals surface area contributed by atoms with E-state index >= 15 is 0 Å². The Morgan fingerprint density at radius 2 is 1.86 bits per heavy atom. The molecule has 0 aromatic heterocycles. The molecule has 148 valence electrons. The second-order valence-corrected chi connectivity index (χ2v) is 9.64. The zero-order valence-electron chi connectivity index (χ0n) is 16.4. The van der Waals surface area contributed by atoms with E-state index in [-0.39, 0.29) is 11.9 Å². The third-order valence-corrected chi connectivity index (χ3v) is 6.81. The molecule has 0 radical (unpaired) electrons. The number of hydrogen-bond donors (Lipinski definition) is 1. The Morgan fingerprint density at radius 1 is 1.11 bits per heavy atom. The first kappa shape index (κ1) is 18.8. The van der Waals surface area contributed by atoms with Crippen molar-refractivity contribution in [1.82, 2.24) is 0 Å². The molecule has 0 spiro atoms. The van der Waals surface area contributed by atoms with Crippen molar-refractivity contribution in [3.05, 3.63) is 53.1 Å². The number of nitrogens with zero attached hydrogens (tertiary/aromatic N) is 2. The van der Waals surface area contributed by atoms with E-state index in [2.05, 4.69) is 23.3 Å². The van der Waals surface area contributed by atoms with E-state index in [1.165, 1.54) is 21.8 Å². The standard InChI is InChI=1S/C21H25N3O3S/c1-14-11-17-12-16(6-8-20(17)24(14)28(3,26)27)21(25)22-18-7-9-19-15(13-18)5-4-10-23(19)2/h6-9,12-14H,4-5,10-11H2,1-3H3,(H,22,25). The van der Waals surface area contributed by atoms with Gasteiger partial charge in [0.25, 0.3) is 5.91 Å². The van der Waals surface area contributed by atoms with Crippen LogP contribution < -0.4 is 14.5 Å². The van der Waals surface area contributed by atoms with E-state index in [1.807, 2.05) is 19.1 Å². The molecule has 1 unspecified atom stereocenters. The van der Waals surface area contributed by atoms with Crippen LogP contribution in [-0.4, -0.2) is 40.2 Å². The molecule has 0 saturated carbocycles. The minimum atomic E-state index is -3.33. The van der Waals surface area contributed by atoms with Crippen LogP contribution in [-0.2, 0) is 22.9 Å². The molecule has 2 aliphatic heterocycles. The average molecular weight is 400 g/mol.